The summed E-state index contributed by atoms with van der Waals surface area (Å²) in [6.45, 7) is 0. The Balaban J connectivity index is 2.26. The topological polar surface area (TPSA) is 55.8 Å². The molecule has 122 valence electrons. The Kier molecular flexibility index (Phi) is 5.60. The Hall–Kier alpha value is -2.08. The monoisotopic (exact) mass is 382 g/mol. The summed E-state index contributed by atoms with van der Waals surface area (Å²) >= 11 is 3.36. The Morgan fingerprint density at radius 2 is 1.78 bits per heavy atom. The van der Waals surface area contributed by atoms with Gasteiger partial charge in [-0.25, -0.2) is 9.18 Å². The average Bonchev–Trinajstić information content (AvgIpc) is 2.54. The predicted octanol–water partition coefficient (Wildman–Crippen LogP) is 4.09. The minimum absolute atomic E-state index is 0.168. The predicted molar refractivity (Wildman–Crippen MR) is 88.0 cm³/mol. The molecule has 0 unspecified atom stereocenters. The standard InChI is InChI=1S/C17H16BrFO4/c1-22-14-7-8-15(23-2)16(19)12(14)6-5-10-3-4-11(17(20)21)9-13(10)18/h3-4,7-9H,5-6H2,1-2H3,(H,20,21). The van der Waals surface area contributed by atoms with Crippen molar-refractivity contribution in [3.63, 3.8) is 0 Å². The second-order valence-corrected chi connectivity index (χ2v) is 5.73. The van der Waals surface area contributed by atoms with Crippen LogP contribution in [0.5, 0.6) is 11.5 Å². The molecule has 2 aromatic carbocycles. The number of carbonyl (C=O) groups is 1. The van der Waals surface area contributed by atoms with Crippen LogP contribution >= 0.6 is 15.9 Å². The molecule has 1 N–H and O–H groups in total. The van der Waals surface area contributed by atoms with E-state index in [0.29, 0.717) is 28.6 Å². The Bertz CT molecular complexity index is 731. The maximum Gasteiger partial charge on any atom is 0.335 e. The van der Waals surface area contributed by atoms with Gasteiger partial charge in [0.1, 0.15) is 5.75 Å². The third kappa shape index (κ3) is 3.82. The average molecular weight is 383 g/mol. The van der Waals surface area contributed by atoms with Gasteiger partial charge in [-0.3, -0.25) is 0 Å². The molecule has 0 aliphatic carbocycles. The fourth-order valence-electron chi connectivity index (χ4n) is 2.31. The second kappa shape index (κ2) is 7.46. The Morgan fingerprint density at radius 1 is 1.13 bits per heavy atom. The van der Waals surface area contributed by atoms with Crippen LogP contribution in [0.1, 0.15) is 21.5 Å². The van der Waals surface area contributed by atoms with E-state index >= 15 is 0 Å². The van der Waals surface area contributed by atoms with Gasteiger partial charge in [-0.2, -0.15) is 0 Å². The lowest BCUT2D eigenvalue weighted by Gasteiger charge is -2.13. The number of aryl methyl sites for hydroxylation is 1. The zero-order valence-corrected chi connectivity index (χ0v) is 14.3. The van der Waals surface area contributed by atoms with Gasteiger partial charge < -0.3 is 14.6 Å². The molecule has 0 aliphatic rings. The van der Waals surface area contributed by atoms with Crippen molar-refractivity contribution in [1.82, 2.24) is 0 Å². The highest BCUT2D eigenvalue weighted by Crippen LogP contribution is 2.30. The zero-order chi connectivity index (χ0) is 17.0. The van der Waals surface area contributed by atoms with Gasteiger partial charge in [0.25, 0.3) is 0 Å². The van der Waals surface area contributed by atoms with Crippen LogP contribution in [0.15, 0.2) is 34.8 Å². The fraction of sp³-hybridized carbons (Fsp3) is 0.235. The van der Waals surface area contributed by atoms with Crippen LogP contribution in [-0.4, -0.2) is 25.3 Å². The molecular formula is C17H16BrFO4. The van der Waals surface area contributed by atoms with Crippen molar-refractivity contribution in [2.45, 2.75) is 12.8 Å². The molecular weight excluding hydrogens is 367 g/mol. The van der Waals surface area contributed by atoms with E-state index in [1.54, 1.807) is 12.1 Å². The van der Waals surface area contributed by atoms with Crippen LogP contribution in [0.3, 0.4) is 0 Å². The second-order valence-electron chi connectivity index (χ2n) is 4.87. The van der Waals surface area contributed by atoms with Crippen LogP contribution in [-0.2, 0) is 12.8 Å². The number of rotatable bonds is 6. The van der Waals surface area contributed by atoms with Gasteiger partial charge in [0.05, 0.1) is 19.8 Å². The molecule has 6 heteroatoms. The fourth-order valence-corrected chi connectivity index (χ4v) is 2.88. The summed E-state index contributed by atoms with van der Waals surface area (Å²) in [4.78, 5) is 10.9. The highest BCUT2D eigenvalue weighted by Gasteiger charge is 2.15. The zero-order valence-electron chi connectivity index (χ0n) is 12.7. The molecule has 2 aromatic rings. The number of benzene rings is 2. The highest BCUT2D eigenvalue weighted by atomic mass is 79.9. The number of aromatic carboxylic acids is 1. The molecule has 0 bridgehead atoms. The first-order valence-electron chi connectivity index (χ1n) is 6.89. The molecule has 0 aliphatic heterocycles. The number of carboxylic acids is 1. The number of hydrogen-bond acceptors (Lipinski definition) is 3. The maximum atomic E-state index is 14.4. The molecule has 0 saturated heterocycles. The van der Waals surface area contributed by atoms with E-state index in [2.05, 4.69) is 15.9 Å². The van der Waals surface area contributed by atoms with Crippen molar-refractivity contribution >= 4 is 21.9 Å². The van der Waals surface area contributed by atoms with Gasteiger partial charge in [-0.05, 0) is 42.7 Å². The van der Waals surface area contributed by atoms with Crippen LogP contribution < -0.4 is 9.47 Å². The third-order valence-corrected chi connectivity index (χ3v) is 4.29. The quantitative estimate of drug-likeness (QED) is 0.817. The lowest BCUT2D eigenvalue weighted by molar-refractivity contribution is 0.0697. The number of carboxylic acid groups (broad SMARTS) is 1. The first kappa shape index (κ1) is 17.3. The van der Waals surface area contributed by atoms with Gasteiger partial charge in [0.15, 0.2) is 11.6 Å². The summed E-state index contributed by atoms with van der Waals surface area (Å²) in [5, 5.41) is 8.97. The lowest BCUT2D eigenvalue weighted by atomic mass is 10.0. The lowest BCUT2D eigenvalue weighted by Crippen LogP contribution is -2.02. The number of ether oxygens (including phenoxy) is 2. The SMILES string of the molecule is COc1ccc(OC)c(CCc2ccc(C(=O)O)cc2Br)c1F. The van der Waals surface area contributed by atoms with Crippen molar-refractivity contribution in [1.29, 1.82) is 0 Å². The van der Waals surface area contributed by atoms with E-state index in [4.69, 9.17) is 14.6 Å². The normalized spacial score (nSPS) is 10.4. The first-order valence-corrected chi connectivity index (χ1v) is 7.68. The van der Waals surface area contributed by atoms with Crippen molar-refractivity contribution in [2.75, 3.05) is 14.2 Å². The third-order valence-electron chi connectivity index (χ3n) is 3.55. The molecule has 23 heavy (non-hydrogen) atoms. The van der Waals surface area contributed by atoms with Crippen molar-refractivity contribution in [2.24, 2.45) is 0 Å². The molecule has 0 heterocycles. The number of halogens is 2. The van der Waals surface area contributed by atoms with Crippen molar-refractivity contribution in [3.8, 4) is 11.5 Å². The van der Waals surface area contributed by atoms with E-state index in [9.17, 15) is 9.18 Å². The number of methoxy groups -OCH3 is 2. The molecule has 0 amide bonds. The number of hydrogen-bond donors (Lipinski definition) is 1. The van der Waals surface area contributed by atoms with Gasteiger partial charge >= 0.3 is 5.97 Å². The minimum atomic E-state index is -0.988. The summed E-state index contributed by atoms with van der Waals surface area (Å²) in [5.41, 5.74) is 1.52. The highest BCUT2D eigenvalue weighted by molar-refractivity contribution is 9.10. The molecule has 0 atom stereocenters. The first-order chi connectivity index (χ1) is 11.0. The summed E-state index contributed by atoms with van der Waals surface area (Å²) in [6.07, 6.45) is 0.929. The summed E-state index contributed by atoms with van der Waals surface area (Å²) in [6, 6.07) is 7.98. The molecule has 2 rings (SSSR count). The molecule has 0 radical (unpaired) electrons. The molecule has 0 spiro atoms. The van der Waals surface area contributed by atoms with E-state index in [-0.39, 0.29) is 11.3 Å². The van der Waals surface area contributed by atoms with Gasteiger partial charge in [0, 0.05) is 10.0 Å². The molecule has 4 nitrogen and oxygen atoms in total. The van der Waals surface area contributed by atoms with E-state index in [0.717, 1.165) is 5.56 Å². The van der Waals surface area contributed by atoms with Gasteiger partial charge in [-0.1, -0.05) is 22.0 Å². The summed E-state index contributed by atoms with van der Waals surface area (Å²) in [5.74, 6) is -0.800. The van der Waals surface area contributed by atoms with Gasteiger partial charge in [0.2, 0.25) is 0 Å². The molecule has 0 saturated carbocycles. The van der Waals surface area contributed by atoms with Crippen LogP contribution in [0.2, 0.25) is 0 Å². The largest absolute Gasteiger partial charge is 0.496 e. The smallest absolute Gasteiger partial charge is 0.335 e. The van der Waals surface area contributed by atoms with Crippen LogP contribution in [0, 0.1) is 5.82 Å². The van der Waals surface area contributed by atoms with Crippen LogP contribution in [0.4, 0.5) is 4.39 Å². The summed E-state index contributed by atoms with van der Waals surface area (Å²) in [7, 11) is 2.90. The van der Waals surface area contributed by atoms with E-state index < -0.39 is 11.8 Å². The Labute approximate surface area is 142 Å². The Morgan fingerprint density at radius 3 is 2.35 bits per heavy atom. The summed E-state index contributed by atoms with van der Waals surface area (Å²) < 4.78 is 25.3. The van der Waals surface area contributed by atoms with E-state index in [1.807, 2.05) is 0 Å². The van der Waals surface area contributed by atoms with Crippen molar-refractivity contribution < 1.29 is 23.8 Å². The molecule has 0 fully saturated rings. The van der Waals surface area contributed by atoms with Crippen LogP contribution in [0.25, 0.3) is 0 Å². The maximum absolute atomic E-state index is 14.4. The molecule has 0 aromatic heterocycles. The van der Waals surface area contributed by atoms with Gasteiger partial charge in [-0.15, -0.1) is 0 Å². The van der Waals surface area contributed by atoms with E-state index in [1.165, 1.54) is 32.4 Å². The minimum Gasteiger partial charge on any atom is -0.496 e. The van der Waals surface area contributed by atoms with Crippen molar-refractivity contribution in [3.05, 3.63) is 57.3 Å².